The summed E-state index contributed by atoms with van der Waals surface area (Å²) >= 11 is 3.44. The number of aromatic nitrogens is 2. The molecule has 1 amide bonds. The van der Waals surface area contributed by atoms with Crippen molar-refractivity contribution >= 4 is 44.5 Å². The fourth-order valence-electron chi connectivity index (χ4n) is 3.53. The molecule has 4 aromatic rings. The predicted molar refractivity (Wildman–Crippen MR) is 128 cm³/mol. The van der Waals surface area contributed by atoms with Gasteiger partial charge in [-0.15, -0.1) is 0 Å². The zero-order valence-corrected chi connectivity index (χ0v) is 19.4. The summed E-state index contributed by atoms with van der Waals surface area (Å²) in [6, 6.07) is 16.0. The Kier molecular flexibility index (Phi) is 6.46. The van der Waals surface area contributed by atoms with Gasteiger partial charge in [-0.05, 0) is 43.7 Å². The number of fused-ring (bicyclic) bond motifs is 1. The maximum absolute atomic E-state index is 14.6. The van der Waals surface area contributed by atoms with Gasteiger partial charge >= 0.3 is 5.97 Å². The Morgan fingerprint density at radius 1 is 1.12 bits per heavy atom. The van der Waals surface area contributed by atoms with Crippen LogP contribution >= 0.6 is 15.9 Å². The molecule has 0 bridgehead atoms. The molecule has 2 aromatic heterocycles. The molecular formula is C25H19BrFN3O3. The summed E-state index contributed by atoms with van der Waals surface area (Å²) in [6.45, 7) is 3.62. The molecule has 0 unspecified atom stereocenters. The predicted octanol–water partition coefficient (Wildman–Crippen LogP) is 5.94. The minimum Gasteiger partial charge on any atom is -0.462 e. The third kappa shape index (κ3) is 4.61. The number of anilines is 1. The summed E-state index contributed by atoms with van der Waals surface area (Å²) in [5.74, 6) is -2.34. The number of carbonyl (C=O) groups is 2. The largest absolute Gasteiger partial charge is 0.462 e. The van der Waals surface area contributed by atoms with Crippen molar-refractivity contribution in [2.75, 3.05) is 11.9 Å². The van der Waals surface area contributed by atoms with E-state index in [1.165, 1.54) is 6.20 Å². The molecule has 4 rings (SSSR count). The molecule has 6 nitrogen and oxygen atoms in total. The van der Waals surface area contributed by atoms with E-state index in [1.807, 2.05) is 42.5 Å². The van der Waals surface area contributed by atoms with Crippen LogP contribution in [-0.2, 0) is 4.74 Å². The molecule has 0 radical (unpaired) electrons. The van der Waals surface area contributed by atoms with E-state index in [4.69, 9.17) is 9.72 Å². The molecule has 8 heteroatoms. The number of benzene rings is 2. The van der Waals surface area contributed by atoms with Crippen LogP contribution in [-0.4, -0.2) is 28.5 Å². The highest BCUT2D eigenvalue weighted by atomic mass is 79.9. The fraction of sp³-hybridized carbons (Fsp3) is 0.120. The topological polar surface area (TPSA) is 81.2 Å². The number of nitrogens with one attached hydrogen (secondary N) is 1. The van der Waals surface area contributed by atoms with Crippen LogP contribution < -0.4 is 5.32 Å². The lowest BCUT2D eigenvalue weighted by atomic mass is 9.97. The molecule has 1 N–H and O–H groups in total. The Morgan fingerprint density at radius 2 is 1.88 bits per heavy atom. The summed E-state index contributed by atoms with van der Waals surface area (Å²) in [6.07, 6.45) is 1.17. The molecule has 0 atom stereocenters. The molecule has 0 aliphatic rings. The Balaban J connectivity index is 1.79. The van der Waals surface area contributed by atoms with E-state index in [2.05, 4.69) is 26.2 Å². The minimum absolute atomic E-state index is 0.0341. The number of halogens is 2. The van der Waals surface area contributed by atoms with Crippen molar-refractivity contribution in [3.8, 4) is 11.3 Å². The van der Waals surface area contributed by atoms with Crippen molar-refractivity contribution in [3.05, 3.63) is 87.8 Å². The van der Waals surface area contributed by atoms with Crippen molar-refractivity contribution in [3.63, 3.8) is 0 Å². The first-order chi connectivity index (χ1) is 15.9. The molecule has 0 aliphatic heterocycles. The van der Waals surface area contributed by atoms with Gasteiger partial charge in [-0.3, -0.25) is 4.79 Å². The quantitative estimate of drug-likeness (QED) is 0.338. The van der Waals surface area contributed by atoms with Crippen LogP contribution in [0, 0.1) is 12.7 Å². The van der Waals surface area contributed by atoms with Gasteiger partial charge in [0.2, 0.25) is 0 Å². The van der Waals surface area contributed by atoms with E-state index < -0.39 is 17.7 Å². The zero-order chi connectivity index (χ0) is 23.5. The van der Waals surface area contributed by atoms with Crippen LogP contribution in [0.2, 0.25) is 0 Å². The second-order valence-corrected chi connectivity index (χ2v) is 8.13. The third-order valence-electron chi connectivity index (χ3n) is 5.05. The van der Waals surface area contributed by atoms with E-state index in [0.717, 1.165) is 16.1 Å². The van der Waals surface area contributed by atoms with Crippen LogP contribution in [0.3, 0.4) is 0 Å². The van der Waals surface area contributed by atoms with Crippen LogP contribution in [0.4, 0.5) is 10.2 Å². The average Bonchev–Trinajstić information content (AvgIpc) is 2.80. The van der Waals surface area contributed by atoms with E-state index in [0.29, 0.717) is 27.7 Å². The van der Waals surface area contributed by atoms with Gasteiger partial charge in [0.25, 0.3) is 5.91 Å². The molecule has 0 spiro atoms. The standard InChI is InChI=1S/C25H19BrFN3O3/c1-3-33-25(32)16-11-19(27)23(28-13-16)30-24(31)21-14(2)22(15-7-5-4-6-8-15)29-20-10-9-17(26)12-18(20)21/h4-13H,3H2,1-2H3,(H,28,30,31). The molecule has 0 saturated carbocycles. The number of rotatable bonds is 5. The minimum atomic E-state index is -0.839. The lowest BCUT2D eigenvalue weighted by molar-refractivity contribution is 0.0525. The van der Waals surface area contributed by atoms with E-state index in [1.54, 1.807) is 19.9 Å². The Bertz CT molecular complexity index is 1380. The van der Waals surface area contributed by atoms with Gasteiger partial charge < -0.3 is 10.1 Å². The first-order valence-corrected chi connectivity index (χ1v) is 11.0. The molecule has 33 heavy (non-hydrogen) atoms. The highest BCUT2D eigenvalue weighted by Gasteiger charge is 2.21. The number of pyridine rings is 2. The lowest BCUT2D eigenvalue weighted by Gasteiger charge is -2.15. The van der Waals surface area contributed by atoms with Gasteiger partial charge in [-0.2, -0.15) is 0 Å². The van der Waals surface area contributed by atoms with Gasteiger partial charge in [-0.1, -0.05) is 46.3 Å². The molecule has 0 aliphatic carbocycles. The first kappa shape index (κ1) is 22.5. The maximum atomic E-state index is 14.6. The van der Waals surface area contributed by atoms with Gasteiger partial charge in [0.1, 0.15) is 0 Å². The number of ether oxygens (including phenoxy) is 1. The van der Waals surface area contributed by atoms with Crippen LogP contribution in [0.1, 0.15) is 33.2 Å². The smallest absolute Gasteiger partial charge is 0.339 e. The third-order valence-corrected chi connectivity index (χ3v) is 5.54. The molecule has 0 fully saturated rings. The van der Waals surface area contributed by atoms with Crippen molar-refractivity contribution in [2.24, 2.45) is 0 Å². The fourth-order valence-corrected chi connectivity index (χ4v) is 3.89. The van der Waals surface area contributed by atoms with Crippen molar-refractivity contribution in [1.29, 1.82) is 0 Å². The second-order valence-electron chi connectivity index (χ2n) is 7.22. The normalized spacial score (nSPS) is 10.8. The number of amides is 1. The Labute approximate surface area is 198 Å². The molecule has 2 aromatic carbocycles. The van der Waals surface area contributed by atoms with Crippen LogP contribution in [0.25, 0.3) is 22.2 Å². The summed E-state index contributed by atoms with van der Waals surface area (Å²) < 4.78 is 20.3. The van der Waals surface area contributed by atoms with Gasteiger partial charge in [0.05, 0.1) is 28.9 Å². The van der Waals surface area contributed by atoms with Gasteiger partial charge in [-0.25, -0.2) is 19.2 Å². The number of esters is 1. The van der Waals surface area contributed by atoms with Crippen LogP contribution in [0.5, 0.6) is 0 Å². The Morgan fingerprint density at radius 3 is 2.58 bits per heavy atom. The maximum Gasteiger partial charge on any atom is 0.339 e. The summed E-state index contributed by atoms with van der Waals surface area (Å²) in [5.41, 5.74) is 3.11. The van der Waals surface area contributed by atoms with E-state index >= 15 is 0 Å². The number of hydrogen-bond donors (Lipinski definition) is 1. The summed E-state index contributed by atoms with van der Waals surface area (Å²) in [7, 11) is 0. The molecule has 0 saturated heterocycles. The number of nitrogens with zero attached hydrogens (tertiary/aromatic N) is 2. The van der Waals surface area contributed by atoms with E-state index in [-0.39, 0.29) is 18.0 Å². The Hall–Kier alpha value is -3.65. The van der Waals surface area contributed by atoms with Crippen molar-refractivity contribution < 1.29 is 18.7 Å². The molecular weight excluding hydrogens is 489 g/mol. The van der Waals surface area contributed by atoms with Crippen molar-refractivity contribution in [1.82, 2.24) is 9.97 Å². The highest BCUT2D eigenvalue weighted by molar-refractivity contribution is 9.10. The summed E-state index contributed by atoms with van der Waals surface area (Å²) in [5, 5.41) is 3.15. The van der Waals surface area contributed by atoms with Gasteiger partial charge in [0.15, 0.2) is 11.6 Å². The highest BCUT2D eigenvalue weighted by Crippen LogP contribution is 2.32. The first-order valence-electron chi connectivity index (χ1n) is 10.2. The average molecular weight is 508 g/mol. The SMILES string of the molecule is CCOC(=O)c1cnc(NC(=O)c2c(C)c(-c3ccccc3)nc3ccc(Br)cc23)c(F)c1. The second kappa shape index (κ2) is 9.46. The zero-order valence-electron chi connectivity index (χ0n) is 17.9. The molecule has 166 valence electrons. The van der Waals surface area contributed by atoms with Crippen LogP contribution in [0.15, 0.2) is 65.3 Å². The number of carbonyl (C=O) groups excluding carboxylic acids is 2. The van der Waals surface area contributed by atoms with Crippen molar-refractivity contribution in [2.45, 2.75) is 13.8 Å². The number of hydrogen-bond acceptors (Lipinski definition) is 5. The summed E-state index contributed by atoms with van der Waals surface area (Å²) in [4.78, 5) is 33.9. The van der Waals surface area contributed by atoms with E-state index in [9.17, 15) is 14.0 Å². The lowest BCUT2D eigenvalue weighted by Crippen LogP contribution is -2.17. The van der Waals surface area contributed by atoms with Gasteiger partial charge in [0, 0.05) is 21.6 Å². The molecule has 2 heterocycles. The monoisotopic (exact) mass is 507 g/mol.